The second-order valence-electron chi connectivity index (χ2n) is 5.55. The molecule has 0 amide bonds. The van der Waals surface area contributed by atoms with Crippen molar-refractivity contribution in [2.45, 2.75) is 32.6 Å². The summed E-state index contributed by atoms with van der Waals surface area (Å²) in [6, 6.07) is 0. The smallest absolute Gasteiger partial charge is 0.0272 e. The second-order valence-corrected chi connectivity index (χ2v) is 7.10. The third-order valence-electron chi connectivity index (χ3n) is 4.16. The fourth-order valence-corrected chi connectivity index (χ4v) is 5.07. The van der Waals surface area contributed by atoms with E-state index >= 15 is 0 Å². The first kappa shape index (κ1) is 11.6. The Morgan fingerprint density at radius 2 is 2.20 bits per heavy atom. The van der Waals surface area contributed by atoms with E-state index in [4.69, 9.17) is 5.73 Å². The first-order valence-electron chi connectivity index (χ1n) is 6.24. The van der Waals surface area contributed by atoms with Crippen LogP contribution in [0.3, 0.4) is 0 Å². The van der Waals surface area contributed by atoms with Crippen molar-refractivity contribution in [2.24, 2.45) is 29.4 Å². The van der Waals surface area contributed by atoms with Crippen LogP contribution < -0.4 is 5.73 Å². The number of nitrogens with two attached hydrogens (primary N) is 1. The summed E-state index contributed by atoms with van der Waals surface area (Å²) in [5.41, 5.74) is 5.55. The van der Waals surface area contributed by atoms with E-state index in [1.165, 1.54) is 25.7 Å². The van der Waals surface area contributed by atoms with E-state index in [1.54, 1.807) is 0 Å². The molecule has 2 N–H and O–H groups in total. The summed E-state index contributed by atoms with van der Waals surface area (Å²) in [6.45, 7) is 2.77. The zero-order valence-electron chi connectivity index (χ0n) is 9.65. The fraction of sp³-hybridized carbons (Fsp3) is 1.00. The molecule has 2 aliphatic carbocycles. The van der Waals surface area contributed by atoms with Gasteiger partial charge in [-0.3, -0.25) is 4.21 Å². The highest BCUT2D eigenvalue weighted by atomic mass is 32.2. The van der Waals surface area contributed by atoms with Crippen LogP contribution in [0.2, 0.25) is 0 Å². The number of hydrogen-bond donors (Lipinski definition) is 1. The van der Waals surface area contributed by atoms with E-state index in [1.807, 2.05) is 0 Å². The zero-order chi connectivity index (χ0) is 10.8. The van der Waals surface area contributed by atoms with Gasteiger partial charge >= 0.3 is 0 Å². The molecule has 88 valence electrons. The van der Waals surface area contributed by atoms with Crippen LogP contribution in [0.4, 0.5) is 0 Å². The van der Waals surface area contributed by atoms with Crippen LogP contribution in [0.1, 0.15) is 32.6 Å². The lowest BCUT2D eigenvalue weighted by atomic mass is 9.90. The fourth-order valence-electron chi connectivity index (χ4n) is 3.27. The van der Waals surface area contributed by atoms with Gasteiger partial charge in [0.25, 0.3) is 0 Å². The molecule has 15 heavy (non-hydrogen) atoms. The van der Waals surface area contributed by atoms with Crippen molar-refractivity contribution in [3.05, 3.63) is 0 Å². The maximum atomic E-state index is 11.9. The van der Waals surface area contributed by atoms with Gasteiger partial charge in [-0.05, 0) is 49.5 Å². The van der Waals surface area contributed by atoms with E-state index in [9.17, 15) is 4.21 Å². The molecule has 0 heterocycles. The standard InChI is InChI=1S/C12H23NOS/c1-9(6-13)7-15(14)8-12-5-10-2-3-11(12)4-10/h9-12H,2-8,13H2,1H3. The first-order chi connectivity index (χ1) is 7.19. The highest BCUT2D eigenvalue weighted by Gasteiger charge is 2.39. The molecule has 0 aliphatic heterocycles. The highest BCUT2D eigenvalue weighted by Crippen LogP contribution is 2.48. The van der Waals surface area contributed by atoms with Gasteiger partial charge in [0.2, 0.25) is 0 Å². The van der Waals surface area contributed by atoms with Crippen molar-refractivity contribution < 1.29 is 4.21 Å². The number of rotatable bonds is 5. The van der Waals surface area contributed by atoms with Gasteiger partial charge in [0.1, 0.15) is 0 Å². The minimum Gasteiger partial charge on any atom is -0.330 e. The lowest BCUT2D eigenvalue weighted by Gasteiger charge is -2.21. The molecular formula is C12H23NOS. The average molecular weight is 229 g/mol. The van der Waals surface area contributed by atoms with Gasteiger partial charge in [0.05, 0.1) is 0 Å². The first-order valence-corrected chi connectivity index (χ1v) is 7.73. The summed E-state index contributed by atoms with van der Waals surface area (Å²) in [4.78, 5) is 0. The van der Waals surface area contributed by atoms with E-state index in [2.05, 4.69) is 6.92 Å². The molecule has 0 radical (unpaired) electrons. The molecular weight excluding hydrogens is 206 g/mol. The Morgan fingerprint density at radius 3 is 2.73 bits per heavy atom. The Labute approximate surface area is 95.5 Å². The highest BCUT2D eigenvalue weighted by molar-refractivity contribution is 7.85. The molecule has 2 fully saturated rings. The van der Waals surface area contributed by atoms with Crippen LogP contribution >= 0.6 is 0 Å². The Balaban J connectivity index is 1.75. The van der Waals surface area contributed by atoms with Gasteiger partial charge in [-0.15, -0.1) is 0 Å². The molecule has 2 bridgehead atoms. The van der Waals surface area contributed by atoms with Crippen LogP contribution in [0.5, 0.6) is 0 Å². The van der Waals surface area contributed by atoms with Gasteiger partial charge in [-0.25, -0.2) is 0 Å². The van der Waals surface area contributed by atoms with E-state index in [-0.39, 0.29) is 0 Å². The van der Waals surface area contributed by atoms with Crippen molar-refractivity contribution in [1.82, 2.24) is 0 Å². The van der Waals surface area contributed by atoms with E-state index in [0.717, 1.165) is 29.3 Å². The molecule has 3 heteroatoms. The topological polar surface area (TPSA) is 43.1 Å². The molecule has 5 unspecified atom stereocenters. The minimum absolute atomic E-state index is 0.421. The van der Waals surface area contributed by atoms with Crippen molar-refractivity contribution in [3.63, 3.8) is 0 Å². The van der Waals surface area contributed by atoms with Crippen LogP contribution in [-0.2, 0) is 10.8 Å². The molecule has 0 saturated heterocycles. The van der Waals surface area contributed by atoms with Crippen LogP contribution in [0, 0.1) is 23.7 Å². The third-order valence-corrected chi connectivity index (χ3v) is 5.90. The number of fused-ring (bicyclic) bond motifs is 2. The lowest BCUT2D eigenvalue weighted by molar-refractivity contribution is 0.363. The number of hydrogen-bond acceptors (Lipinski definition) is 2. The summed E-state index contributed by atoms with van der Waals surface area (Å²) in [7, 11) is -0.622. The summed E-state index contributed by atoms with van der Waals surface area (Å²) in [5.74, 6) is 4.84. The maximum absolute atomic E-state index is 11.9. The van der Waals surface area contributed by atoms with Gasteiger partial charge in [-0.1, -0.05) is 13.3 Å². The summed E-state index contributed by atoms with van der Waals surface area (Å²) in [6.07, 6.45) is 5.62. The molecule has 0 spiro atoms. The lowest BCUT2D eigenvalue weighted by Crippen LogP contribution is -2.24. The monoisotopic (exact) mass is 229 g/mol. The zero-order valence-corrected chi connectivity index (χ0v) is 10.5. The van der Waals surface area contributed by atoms with Crippen molar-refractivity contribution in [1.29, 1.82) is 0 Å². The van der Waals surface area contributed by atoms with Crippen molar-refractivity contribution in [3.8, 4) is 0 Å². The van der Waals surface area contributed by atoms with E-state index < -0.39 is 10.8 Å². The van der Waals surface area contributed by atoms with Crippen molar-refractivity contribution in [2.75, 3.05) is 18.1 Å². The molecule has 2 nitrogen and oxygen atoms in total. The molecule has 5 atom stereocenters. The Morgan fingerprint density at radius 1 is 1.40 bits per heavy atom. The summed E-state index contributed by atoms with van der Waals surface area (Å²) < 4.78 is 11.9. The quantitative estimate of drug-likeness (QED) is 0.780. The minimum atomic E-state index is -0.622. The van der Waals surface area contributed by atoms with Gasteiger partial charge in [-0.2, -0.15) is 0 Å². The van der Waals surface area contributed by atoms with Gasteiger partial charge < -0.3 is 5.73 Å². The Bertz CT molecular complexity index is 244. The van der Waals surface area contributed by atoms with Crippen LogP contribution in [0.25, 0.3) is 0 Å². The van der Waals surface area contributed by atoms with E-state index in [0.29, 0.717) is 12.5 Å². The SMILES string of the molecule is CC(CN)CS(=O)CC1CC2CCC1C2. The van der Waals surface area contributed by atoms with Crippen molar-refractivity contribution >= 4 is 10.8 Å². The van der Waals surface area contributed by atoms with Gasteiger partial charge in [0.15, 0.2) is 0 Å². The molecule has 0 aromatic heterocycles. The molecule has 2 aliphatic rings. The largest absolute Gasteiger partial charge is 0.330 e. The second kappa shape index (κ2) is 4.96. The summed E-state index contributed by atoms with van der Waals surface area (Å²) in [5, 5.41) is 0. The molecule has 2 rings (SSSR count). The van der Waals surface area contributed by atoms with Crippen LogP contribution in [-0.4, -0.2) is 22.3 Å². The van der Waals surface area contributed by atoms with Gasteiger partial charge in [0, 0.05) is 22.3 Å². The average Bonchev–Trinajstić information content (AvgIpc) is 2.78. The molecule has 0 aromatic carbocycles. The molecule has 0 aromatic rings. The normalized spacial score (nSPS) is 38.1. The Hall–Kier alpha value is 0.110. The van der Waals surface area contributed by atoms with Crippen LogP contribution in [0.15, 0.2) is 0 Å². The predicted octanol–water partition coefficient (Wildman–Crippen LogP) is 1.77. The summed E-state index contributed by atoms with van der Waals surface area (Å²) >= 11 is 0. The molecule has 2 saturated carbocycles. The predicted molar refractivity (Wildman–Crippen MR) is 65.0 cm³/mol. The Kier molecular flexibility index (Phi) is 3.83. The third kappa shape index (κ3) is 2.82. The maximum Gasteiger partial charge on any atom is 0.0272 e.